The predicted molar refractivity (Wildman–Crippen MR) is 62.7 cm³/mol. The number of hydrogen-bond acceptors (Lipinski definition) is 3. The van der Waals surface area contributed by atoms with Crippen LogP contribution in [0.5, 0.6) is 0 Å². The van der Waals surface area contributed by atoms with Crippen molar-refractivity contribution in [3.05, 3.63) is 41.5 Å². The van der Waals surface area contributed by atoms with Crippen LogP contribution in [0.3, 0.4) is 0 Å². The zero-order chi connectivity index (χ0) is 10.4. The number of carbonyl (C=O) groups excluding carboxylic acids is 1. The molecule has 1 aromatic carbocycles. The largest absolute Gasteiger partial charge is 0.466 e. The van der Waals surface area contributed by atoms with Crippen LogP contribution < -0.4 is 5.73 Å². The molecule has 2 N–H and O–H groups in total. The minimum absolute atomic E-state index is 0. The van der Waals surface area contributed by atoms with Crippen LogP contribution in [0.15, 0.2) is 35.9 Å². The summed E-state index contributed by atoms with van der Waals surface area (Å²) in [5.74, 6) is -0.378. The fourth-order valence-electron chi connectivity index (χ4n) is 1.08. The Morgan fingerprint density at radius 2 is 2.00 bits per heavy atom. The number of hydrogen-bond donors (Lipinski definition) is 1. The summed E-state index contributed by atoms with van der Waals surface area (Å²) in [4.78, 5) is 11.2. The number of esters is 1. The monoisotopic (exact) mass is 227 g/mol. The molecule has 0 saturated heterocycles. The molecule has 0 fully saturated rings. The highest BCUT2D eigenvalue weighted by atomic mass is 35.5. The smallest absolute Gasteiger partial charge is 0.335 e. The van der Waals surface area contributed by atoms with Crippen LogP contribution in [-0.2, 0) is 9.53 Å². The Bertz CT molecular complexity index is 336. The minimum Gasteiger partial charge on any atom is -0.466 e. The Kier molecular flexibility index (Phi) is 6.42. The molecule has 0 amide bonds. The molecule has 3 nitrogen and oxygen atoms in total. The van der Waals surface area contributed by atoms with Crippen LogP contribution in [0.25, 0.3) is 6.08 Å². The summed E-state index contributed by atoms with van der Waals surface area (Å²) in [6.07, 6.45) is 1.73. The van der Waals surface area contributed by atoms with Crippen molar-refractivity contribution in [2.45, 2.75) is 0 Å². The van der Waals surface area contributed by atoms with Crippen molar-refractivity contribution in [1.29, 1.82) is 0 Å². The molecule has 0 bridgehead atoms. The maximum absolute atomic E-state index is 11.2. The molecular weight excluding hydrogens is 214 g/mol. The van der Waals surface area contributed by atoms with E-state index in [1.807, 2.05) is 30.3 Å². The number of halogens is 1. The number of benzene rings is 1. The van der Waals surface area contributed by atoms with Crippen molar-refractivity contribution in [2.24, 2.45) is 5.73 Å². The number of rotatable bonds is 3. The second-order valence-corrected chi connectivity index (χ2v) is 2.78. The van der Waals surface area contributed by atoms with Crippen molar-refractivity contribution in [3.8, 4) is 0 Å². The average Bonchev–Trinajstić information content (AvgIpc) is 2.26. The van der Waals surface area contributed by atoms with E-state index < -0.39 is 0 Å². The van der Waals surface area contributed by atoms with Gasteiger partial charge in [0.2, 0.25) is 0 Å². The summed E-state index contributed by atoms with van der Waals surface area (Å²) in [6, 6.07) is 9.52. The van der Waals surface area contributed by atoms with Gasteiger partial charge in [-0.05, 0) is 11.6 Å². The molecule has 0 atom stereocenters. The number of ether oxygens (including phenoxy) is 1. The first-order chi connectivity index (χ1) is 6.77. The molecule has 0 radical (unpaired) electrons. The molecule has 0 aliphatic carbocycles. The van der Waals surface area contributed by atoms with Crippen LogP contribution >= 0.6 is 12.4 Å². The lowest BCUT2D eigenvalue weighted by Crippen LogP contribution is -2.13. The fraction of sp³-hybridized carbons (Fsp3) is 0.182. The van der Waals surface area contributed by atoms with Crippen molar-refractivity contribution in [2.75, 3.05) is 13.7 Å². The third kappa shape index (κ3) is 4.14. The fourth-order valence-corrected chi connectivity index (χ4v) is 1.08. The van der Waals surface area contributed by atoms with Gasteiger partial charge in [-0.25, -0.2) is 4.79 Å². The summed E-state index contributed by atoms with van der Waals surface area (Å²) in [7, 11) is 1.34. The van der Waals surface area contributed by atoms with E-state index in [9.17, 15) is 4.79 Å². The Morgan fingerprint density at radius 1 is 1.40 bits per heavy atom. The van der Waals surface area contributed by atoms with Gasteiger partial charge in [0.1, 0.15) is 0 Å². The molecule has 82 valence electrons. The first-order valence-electron chi connectivity index (χ1n) is 4.32. The van der Waals surface area contributed by atoms with E-state index in [4.69, 9.17) is 5.73 Å². The molecule has 4 heteroatoms. The van der Waals surface area contributed by atoms with Gasteiger partial charge in [0.05, 0.1) is 12.7 Å². The molecule has 0 unspecified atom stereocenters. The maximum atomic E-state index is 11.2. The molecule has 0 aromatic heterocycles. The van der Waals surface area contributed by atoms with Gasteiger partial charge in [-0.3, -0.25) is 0 Å². The van der Waals surface area contributed by atoms with E-state index in [0.29, 0.717) is 5.57 Å². The number of methoxy groups -OCH3 is 1. The van der Waals surface area contributed by atoms with Crippen molar-refractivity contribution < 1.29 is 9.53 Å². The first-order valence-corrected chi connectivity index (χ1v) is 4.32. The average molecular weight is 228 g/mol. The molecule has 1 aromatic rings. The Hall–Kier alpha value is -1.32. The predicted octanol–water partition coefficient (Wildman–Crippen LogP) is 1.62. The second-order valence-electron chi connectivity index (χ2n) is 2.78. The lowest BCUT2D eigenvalue weighted by molar-refractivity contribution is -0.136. The maximum Gasteiger partial charge on any atom is 0.335 e. The van der Waals surface area contributed by atoms with Crippen molar-refractivity contribution >= 4 is 24.5 Å². The van der Waals surface area contributed by atoms with E-state index >= 15 is 0 Å². The molecule has 0 saturated carbocycles. The molecule has 0 spiro atoms. The number of carbonyl (C=O) groups is 1. The van der Waals surface area contributed by atoms with Gasteiger partial charge in [-0.15, -0.1) is 12.4 Å². The summed E-state index contributed by atoms with van der Waals surface area (Å²) in [6.45, 7) is 0.182. The van der Waals surface area contributed by atoms with Crippen LogP contribution in [0, 0.1) is 0 Å². The first kappa shape index (κ1) is 13.7. The number of nitrogens with two attached hydrogens (primary N) is 1. The summed E-state index contributed by atoms with van der Waals surface area (Å²) in [5.41, 5.74) is 6.84. The third-order valence-electron chi connectivity index (χ3n) is 1.81. The zero-order valence-corrected chi connectivity index (χ0v) is 9.29. The lowest BCUT2D eigenvalue weighted by Gasteiger charge is -2.01. The summed E-state index contributed by atoms with van der Waals surface area (Å²) in [5, 5.41) is 0. The zero-order valence-electron chi connectivity index (χ0n) is 8.47. The standard InChI is InChI=1S/C11H13NO2.ClH/c1-14-11(13)10(8-12)7-9-5-3-2-4-6-9;/h2-7H,8,12H2,1H3;1H. The quantitative estimate of drug-likeness (QED) is 0.631. The molecule has 0 heterocycles. The van der Waals surface area contributed by atoms with Gasteiger partial charge in [-0.1, -0.05) is 30.3 Å². The second kappa shape index (κ2) is 7.04. The highest BCUT2D eigenvalue weighted by Crippen LogP contribution is 2.06. The third-order valence-corrected chi connectivity index (χ3v) is 1.81. The van der Waals surface area contributed by atoms with E-state index in [-0.39, 0.29) is 24.9 Å². The SMILES string of the molecule is COC(=O)C(=Cc1ccccc1)CN.Cl. The van der Waals surface area contributed by atoms with Crippen molar-refractivity contribution in [1.82, 2.24) is 0 Å². The molecule has 0 aliphatic heterocycles. The van der Waals surface area contributed by atoms with Gasteiger partial charge in [-0.2, -0.15) is 0 Å². The van der Waals surface area contributed by atoms with E-state index in [1.54, 1.807) is 6.08 Å². The van der Waals surface area contributed by atoms with Crippen LogP contribution in [0.1, 0.15) is 5.56 Å². The molecule has 1 rings (SSSR count). The van der Waals surface area contributed by atoms with Gasteiger partial charge < -0.3 is 10.5 Å². The van der Waals surface area contributed by atoms with Gasteiger partial charge >= 0.3 is 5.97 Å². The molecule has 15 heavy (non-hydrogen) atoms. The van der Waals surface area contributed by atoms with Crippen LogP contribution in [0.2, 0.25) is 0 Å². The Labute approximate surface area is 95.3 Å². The lowest BCUT2D eigenvalue weighted by atomic mass is 10.1. The van der Waals surface area contributed by atoms with Gasteiger partial charge in [0.15, 0.2) is 0 Å². The van der Waals surface area contributed by atoms with E-state index in [0.717, 1.165) is 5.56 Å². The highest BCUT2D eigenvalue weighted by molar-refractivity contribution is 5.94. The Balaban J connectivity index is 0.00000196. The van der Waals surface area contributed by atoms with Gasteiger partial charge in [0.25, 0.3) is 0 Å². The van der Waals surface area contributed by atoms with E-state index in [2.05, 4.69) is 4.74 Å². The Morgan fingerprint density at radius 3 is 2.47 bits per heavy atom. The topological polar surface area (TPSA) is 52.3 Å². The molecule has 0 aliphatic rings. The van der Waals surface area contributed by atoms with Crippen LogP contribution in [-0.4, -0.2) is 19.6 Å². The highest BCUT2D eigenvalue weighted by Gasteiger charge is 2.06. The summed E-state index contributed by atoms with van der Waals surface area (Å²) < 4.78 is 4.59. The van der Waals surface area contributed by atoms with Gasteiger partial charge in [0, 0.05) is 6.54 Å². The van der Waals surface area contributed by atoms with E-state index in [1.165, 1.54) is 7.11 Å². The minimum atomic E-state index is -0.378. The normalized spacial score (nSPS) is 10.4. The summed E-state index contributed by atoms with van der Waals surface area (Å²) >= 11 is 0. The molecular formula is C11H14ClNO2. The van der Waals surface area contributed by atoms with Crippen molar-refractivity contribution in [3.63, 3.8) is 0 Å². The van der Waals surface area contributed by atoms with Crippen LogP contribution in [0.4, 0.5) is 0 Å².